The van der Waals surface area contributed by atoms with E-state index in [9.17, 15) is 0 Å². The molecule has 0 saturated heterocycles. The summed E-state index contributed by atoms with van der Waals surface area (Å²) in [5.74, 6) is 0. The molecule has 1 aliphatic carbocycles. The van der Waals surface area contributed by atoms with Gasteiger partial charge in [0, 0.05) is 28.5 Å². The van der Waals surface area contributed by atoms with Gasteiger partial charge in [0.15, 0.2) is 6.20 Å². The number of benzene rings is 3. The smallest absolute Gasteiger partial charge is 0.216 e. The molecule has 0 atom stereocenters. The highest BCUT2D eigenvalue weighted by Gasteiger charge is 2.23. The monoisotopic (exact) mass is 418 g/mol. The van der Waals surface area contributed by atoms with Gasteiger partial charge in [-0.3, -0.25) is 0 Å². The fraction of sp³-hybridized carbons (Fsp3) is 0.233. The second-order valence-electron chi connectivity index (χ2n) is 9.27. The van der Waals surface area contributed by atoms with Crippen LogP contribution >= 0.6 is 0 Å². The molecule has 32 heavy (non-hydrogen) atoms. The molecule has 5 aromatic rings. The first-order chi connectivity index (χ1) is 15.6. The average Bonchev–Trinajstić information content (AvgIpc) is 3.18. The summed E-state index contributed by atoms with van der Waals surface area (Å²) < 4.78 is 8.95. The van der Waals surface area contributed by atoms with E-state index in [1.165, 1.54) is 74.7 Å². The van der Waals surface area contributed by atoms with Crippen molar-refractivity contribution in [2.75, 3.05) is 0 Å². The van der Waals surface area contributed by atoms with E-state index in [0.717, 1.165) is 17.6 Å². The fourth-order valence-corrected chi connectivity index (χ4v) is 5.54. The predicted octanol–water partition coefficient (Wildman–Crippen LogP) is 7.24. The molecule has 2 heterocycles. The number of furan rings is 1. The Kier molecular flexibility index (Phi) is 4.43. The molecule has 2 heteroatoms. The Balaban J connectivity index is 1.68. The minimum Gasteiger partial charge on any atom is -0.454 e. The van der Waals surface area contributed by atoms with Gasteiger partial charge in [0.2, 0.25) is 5.69 Å². The zero-order valence-corrected chi connectivity index (χ0v) is 19.0. The first-order valence-corrected chi connectivity index (χ1v) is 11.6. The Morgan fingerprint density at radius 2 is 1.62 bits per heavy atom. The molecule has 0 fully saturated rings. The van der Waals surface area contributed by atoms with Gasteiger partial charge in [-0.15, -0.1) is 0 Å². The van der Waals surface area contributed by atoms with E-state index in [2.05, 4.69) is 92.3 Å². The van der Waals surface area contributed by atoms with E-state index in [1.54, 1.807) is 0 Å². The van der Waals surface area contributed by atoms with Crippen LogP contribution in [0.5, 0.6) is 0 Å². The van der Waals surface area contributed by atoms with Crippen LogP contribution < -0.4 is 4.57 Å². The molecule has 0 N–H and O–H groups in total. The molecular weight excluding hydrogens is 390 g/mol. The maximum absolute atomic E-state index is 6.78. The molecular formula is C30H28NO+. The first-order valence-electron chi connectivity index (χ1n) is 11.6. The number of fused-ring (bicyclic) bond motifs is 4. The third-order valence-corrected chi connectivity index (χ3v) is 7.09. The van der Waals surface area contributed by atoms with E-state index in [-0.39, 0.29) is 0 Å². The number of hydrogen-bond donors (Lipinski definition) is 0. The Morgan fingerprint density at radius 3 is 2.50 bits per heavy atom. The zero-order chi connectivity index (χ0) is 21.8. The Bertz CT molecular complexity index is 1510. The van der Waals surface area contributed by atoms with Gasteiger partial charge >= 0.3 is 0 Å². The molecule has 0 radical (unpaired) electrons. The summed E-state index contributed by atoms with van der Waals surface area (Å²) in [7, 11) is 2.10. The van der Waals surface area contributed by atoms with Crippen molar-refractivity contribution in [3.63, 3.8) is 0 Å². The van der Waals surface area contributed by atoms with Gasteiger partial charge < -0.3 is 4.42 Å². The molecule has 6 rings (SSSR count). The van der Waals surface area contributed by atoms with Crippen molar-refractivity contribution in [1.29, 1.82) is 0 Å². The average molecular weight is 419 g/mol. The summed E-state index contributed by atoms with van der Waals surface area (Å²) in [4.78, 5) is 0. The maximum atomic E-state index is 6.78. The SMILES string of the molecule is Cc1cc2c(c(-c3cccc4c3oc3c(-c5cccc[n+]5C)c(C)ccc34)c1)CCCC2. The second kappa shape index (κ2) is 7.34. The molecule has 0 bridgehead atoms. The lowest BCUT2D eigenvalue weighted by atomic mass is 9.84. The summed E-state index contributed by atoms with van der Waals surface area (Å²) in [5.41, 5.74) is 12.5. The van der Waals surface area contributed by atoms with Crippen molar-refractivity contribution >= 4 is 21.9 Å². The van der Waals surface area contributed by atoms with Crippen LogP contribution in [0, 0.1) is 13.8 Å². The van der Waals surface area contributed by atoms with Crippen LogP contribution in [0.1, 0.15) is 35.1 Å². The van der Waals surface area contributed by atoms with Crippen molar-refractivity contribution in [3.8, 4) is 22.4 Å². The van der Waals surface area contributed by atoms with Crippen LogP contribution in [-0.4, -0.2) is 0 Å². The highest BCUT2D eigenvalue weighted by atomic mass is 16.3. The maximum Gasteiger partial charge on any atom is 0.216 e. The number of aromatic nitrogens is 1. The van der Waals surface area contributed by atoms with Crippen LogP contribution in [0.4, 0.5) is 0 Å². The van der Waals surface area contributed by atoms with Gasteiger partial charge in [0.1, 0.15) is 18.2 Å². The lowest BCUT2D eigenvalue weighted by molar-refractivity contribution is -0.660. The predicted molar refractivity (Wildman–Crippen MR) is 132 cm³/mol. The standard InChI is InChI=1S/C30H28NO/c1-19-17-21-9-4-5-10-22(21)26(18-19)24-12-8-11-23-25-15-14-20(2)28(30(25)32-29(23)24)27-13-6-7-16-31(27)3/h6-8,11-18H,4-5,9-10H2,1-3H3/q+1. The summed E-state index contributed by atoms with van der Waals surface area (Å²) in [6.45, 7) is 4.39. The minimum atomic E-state index is 0.982. The van der Waals surface area contributed by atoms with Crippen LogP contribution in [0.3, 0.4) is 0 Å². The van der Waals surface area contributed by atoms with Gasteiger partial charge in [-0.2, -0.15) is 0 Å². The summed E-state index contributed by atoms with van der Waals surface area (Å²) >= 11 is 0. The Hall–Kier alpha value is -3.39. The molecule has 0 spiro atoms. The van der Waals surface area contributed by atoms with Crippen molar-refractivity contribution in [3.05, 3.63) is 89.1 Å². The van der Waals surface area contributed by atoms with Crippen LogP contribution in [0.2, 0.25) is 0 Å². The molecule has 0 saturated carbocycles. The van der Waals surface area contributed by atoms with Crippen molar-refractivity contribution in [2.24, 2.45) is 7.05 Å². The molecule has 0 aliphatic heterocycles. The van der Waals surface area contributed by atoms with Gasteiger partial charge in [0.05, 0.1) is 5.56 Å². The third kappa shape index (κ3) is 2.90. The topological polar surface area (TPSA) is 17.0 Å². The summed E-state index contributed by atoms with van der Waals surface area (Å²) in [6.07, 6.45) is 7.01. The number of aryl methyl sites for hydroxylation is 4. The molecule has 158 valence electrons. The lowest BCUT2D eigenvalue weighted by Crippen LogP contribution is -2.30. The van der Waals surface area contributed by atoms with E-state index >= 15 is 0 Å². The van der Waals surface area contributed by atoms with Crippen LogP contribution in [0.25, 0.3) is 44.3 Å². The van der Waals surface area contributed by atoms with Crippen molar-refractivity contribution in [2.45, 2.75) is 39.5 Å². The summed E-state index contributed by atoms with van der Waals surface area (Å²) in [5, 5.41) is 2.39. The number of nitrogens with zero attached hydrogens (tertiary/aromatic N) is 1. The molecule has 1 aliphatic rings. The van der Waals surface area contributed by atoms with Crippen molar-refractivity contribution in [1.82, 2.24) is 0 Å². The van der Waals surface area contributed by atoms with Crippen LogP contribution in [0.15, 0.2) is 71.3 Å². The second-order valence-corrected chi connectivity index (χ2v) is 9.27. The summed E-state index contributed by atoms with van der Waals surface area (Å²) in [6, 6.07) is 22.2. The molecule has 2 aromatic heterocycles. The largest absolute Gasteiger partial charge is 0.454 e. The molecule has 0 unspecified atom stereocenters. The Labute approximate surface area is 189 Å². The van der Waals surface area contributed by atoms with E-state index in [1.807, 2.05) is 0 Å². The van der Waals surface area contributed by atoms with Crippen molar-refractivity contribution < 1.29 is 8.98 Å². The molecule has 2 nitrogen and oxygen atoms in total. The number of pyridine rings is 1. The van der Waals surface area contributed by atoms with Gasteiger partial charge in [-0.25, -0.2) is 4.57 Å². The lowest BCUT2D eigenvalue weighted by Gasteiger charge is -2.20. The van der Waals surface area contributed by atoms with Gasteiger partial charge in [-0.05, 0) is 67.9 Å². The molecule has 0 amide bonds. The third-order valence-electron chi connectivity index (χ3n) is 7.09. The van der Waals surface area contributed by atoms with E-state index < -0.39 is 0 Å². The quantitative estimate of drug-likeness (QED) is 0.276. The zero-order valence-electron chi connectivity index (χ0n) is 19.0. The highest BCUT2D eigenvalue weighted by Crippen LogP contribution is 2.42. The normalized spacial score (nSPS) is 13.6. The van der Waals surface area contributed by atoms with Gasteiger partial charge in [-0.1, -0.05) is 48.0 Å². The van der Waals surface area contributed by atoms with E-state index in [4.69, 9.17) is 4.42 Å². The number of rotatable bonds is 2. The fourth-order valence-electron chi connectivity index (χ4n) is 5.54. The first kappa shape index (κ1) is 19.3. The van der Waals surface area contributed by atoms with Crippen LogP contribution in [-0.2, 0) is 19.9 Å². The number of hydrogen-bond acceptors (Lipinski definition) is 1. The van der Waals surface area contributed by atoms with E-state index in [0.29, 0.717) is 0 Å². The number of para-hydroxylation sites is 1. The molecule has 3 aromatic carbocycles. The van der Waals surface area contributed by atoms with Gasteiger partial charge in [0.25, 0.3) is 0 Å². The Morgan fingerprint density at radius 1 is 0.781 bits per heavy atom. The minimum absolute atomic E-state index is 0.982. The highest BCUT2D eigenvalue weighted by molar-refractivity contribution is 6.13.